The molecule has 0 bridgehead atoms. The fourth-order valence-corrected chi connectivity index (χ4v) is 2.26. The molecule has 0 fully saturated rings. The van der Waals surface area contributed by atoms with Crippen LogP contribution in [0, 0.1) is 0 Å². The van der Waals surface area contributed by atoms with Gasteiger partial charge in [0.1, 0.15) is 0 Å². The van der Waals surface area contributed by atoms with E-state index in [1.807, 2.05) is 0 Å². The van der Waals surface area contributed by atoms with Crippen molar-refractivity contribution in [3.05, 3.63) is 34.3 Å². The maximum atomic E-state index is 6.32. The number of halogens is 1. The van der Waals surface area contributed by atoms with E-state index in [1.165, 1.54) is 11.1 Å². The molecule has 0 saturated carbocycles. The number of rotatable bonds is 5. The van der Waals surface area contributed by atoms with Crippen LogP contribution in [0.5, 0.6) is 0 Å². The predicted molar refractivity (Wildman–Crippen MR) is 72.2 cm³/mol. The van der Waals surface area contributed by atoms with Gasteiger partial charge >= 0.3 is 0 Å². The van der Waals surface area contributed by atoms with Crippen molar-refractivity contribution in [2.75, 3.05) is 6.54 Å². The van der Waals surface area contributed by atoms with E-state index in [4.69, 9.17) is 17.3 Å². The van der Waals surface area contributed by atoms with E-state index in [2.05, 4.69) is 39.0 Å². The van der Waals surface area contributed by atoms with E-state index in [1.54, 1.807) is 0 Å². The largest absolute Gasteiger partial charge is 0.330 e. The third-order valence-electron chi connectivity index (χ3n) is 3.34. The van der Waals surface area contributed by atoms with Crippen LogP contribution in [0.1, 0.15) is 56.6 Å². The molecule has 0 heterocycles. The van der Waals surface area contributed by atoms with Crippen LogP contribution in [0.3, 0.4) is 0 Å². The highest BCUT2D eigenvalue weighted by Gasteiger charge is 2.11. The maximum absolute atomic E-state index is 6.32. The second kappa shape index (κ2) is 6.27. The van der Waals surface area contributed by atoms with Gasteiger partial charge in [-0.25, -0.2) is 0 Å². The first-order chi connectivity index (χ1) is 7.60. The van der Waals surface area contributed by atoms with Crippen molar-refractivity contribution in [3.63, 3.8) is 0 Å². The van der Waals surface area contributed by atoms with Crippen LogP contribution in [0.25, 0.3) is 0 Å². The van der Waals surface area contributed by atoms with Crippen LogP contribution in [0.15, 0.2) is 18.2 Å². The Morgan fingerprint density at radius 1 is 1.25 bits per heavy atom. The monoisotopic (exact) mass is 239 g/mol. The fraction of sp³-hybridized carbons (Fsp3) is 0.571. The third-order valence-corrected chi connectivity index (χ3v) is 3.66. The van der Waals surface area contributed by atoms with E-state index in [-0.39, 0.29) is 0 Å². The van der Waals surface area contributed by atoms with Crippen LogP contribution in [0.4, 0.5) is 0 Å². The molecule has 2 N–H and O–H groups in total. The molecular weight excluding hydrogens is 218 g/mol. The topological polar surface area (TPSA) is 26.0 Å². The Labute approximate surface area is 104 Å². The van der Waals surface area contributed by atoms with Gasteiger partial charge in [-0.05, 0) is 48.4 Å². The Morgan fingerprint density at radius 3 is 2.44 bits per heavy atom. The summed E-state index contributed by atoms with van der Waals surface area (Å²) in [5.74, 6) is 1.03. The molecule has 1 aromatic rings. The molecule has 0 aliphatic rings. The lowest BCUT2D eigenvalue weighted by Crippen LogP contribution is -2.05. The van der Waals surface area contributed by atoms with Crippen molar-refractivity contribution in [2.45, 2.75) is 45.4 Å². The molecule has 2 heteroatoms. The van der Waals surface area contributed by atoms with E-state index >= 15 is 0 Å². The Kier molecular flexibility index (Phi) is 5.30. The SMILES string of the molecule is CCC(C)c1ccc(C(C)CCN)cc1Cl. The zero-order chi connectivity index (χ0) is 12.1. The number of nitrogens with two attached hydrogens (primary N) is 1. The van der Waals surface area contributed by atoms with Gasteiger partial charge in [0.15, 0.2) is 0 Å². The van der Waals surface area contributed by atoms with Crippen LogP contribution >= 0.6 is 11.6 Å². The standard InChI is InChI=1S/C14H22ClN/c1-4-10(2)13-6-5-12(9-14(13)15)11(3)7-8-16/h5-6,9-11H,4,7-8,16H2,1-3H3. The Balaban J connectivity index is 2.90. The van der Waals surface area contributed by atoms with Crippen LogP contribution in [-0.2, 0) is 0 Å². The van der Waals surface area contributed by atoms with Gasteiger partial charge in [-0.1, -0.05) is 44.5 Å². The minimum absolute atomic E-state index is 0.494. The molecule has 0 aliphatic carbocycles. The number of hydrogen-bond donors (Lipinski definition) is 1. The van der Waals surface area contributed by atoms with Crippen molar-refractivity contribution >= 4 is 11.6 Å². The van der Waals surface area contributed by atoms with Crippen LogP contribution in [0.2, 0.25) is 5.02 Å². The molecule has 90 valence electrons. The third kappa shape index (κ3) is 3.23. The summed E-state index contributed by atoms with van der Waals surface area (Å²) in [5, 5.41) is 0.899. The molecule has 0 aliphatic heterocycles. The predicted octanol–water partition coefficient (Wildman–Crippen LogP) is 4.31. The molecule has 1 aromatic carbocycles. The summed E-state index contributed by atoms with van der Waals surface area (Å²) < 4.78 is 0. The highest BCUT2D eigenvalue weighted by molar-refractivity contribution is 6.31. The zero-order valence-corrected chi connectivity index (χ0v) is 11.2. The second-order valence-corrected chi connectivity index (χ2v) is 4.98. The molecule has 1 nitrogen and oxygen atoms in total. The minimum atomic E-state index is 0.494. The lowest BCUT2D eigenvalue weighted by Gasteiger charge is -2.15. The molecule has 0 amide bonds. The van der Waals surface area contributed by atoms with Gasteiger partial charge in [0.25, 0.3) is 0 Å². The van der Waals surface area contributed by atoms with Gasteiger partial charge in [-0.2, -0.15) is 0 Å². The molecule has 0 saturated heterocycles. The Hall–Kier alpha value is -0.530. The highest BCUT2D eigenvalue weighted by Crippen LogP contribution is 2.30. The van der Waals surface area contributed by atoms with Gasteiger partial charge < -0.3 is 5.73 Å². The minimum Gasteiger partial charge on any atom is -0.330 e. The van der Waals surface area contributed by atoms with E-state index in [0.29, 0.717) is 11.8 Å². The molecule has 2 unspecified atom stereocenters. The van der Waals surface area contributed by atoms with E-state index in [9.17, 15) is 0 Å². The smallest absolute Gasteiger partial charge is 0.0443 e. The van der Waals surface area contributed by atoms with Gasteiger partial charge in [0.05, 0.1) is 0 Å². The second-order valence-electron chi connectivity index (χ2n) is 4.57. The average molecular weight is 240 g/mol. The van der Waals surface area contributed by atoms with Crippen molar-refractivity contribution in [3.8, 4) is 0 Å². The first kappa shape index (κ1) is 13.5. The average Bonchev–Trinajstić information content (AvgIpc) is 2.28. The van der Waals surface area contributed by atoms with Gasteiger partial charge in [-0.3, -0.25) is 0 Å². The lowest BCUT2D eigenvalue weighted by atomic mass is 9.93. The van der Waals surface area contributed by atoms with Gasteiger partial charge in [0, 0.05) is 5.02 Å². The summed E-state index contributed by atoms with van der Waals surface area (Å²) in [5.41, 5.74) is 8.12. The van der Waals surface area contributed by atoms with Crippen molar-refractivity contribution in [1.82, 2.24) is 0 Å². The zero-order valence-electron chi connectivity index (χ0n) is 10.5. The molecule has 2 atom stereocenters. The lowest BCUT2D eigenvalue weighted by molar-refractivity contribution is 0.687. The first-order valence-electron chi connectivity index (χ1n) is 6.09. The first-order valence-corrected chi connectivity index (χ1v) is 6.47. The molecule has 0 radical (unpaired) electrons. The van der Waals surface area contributed by atoms with Crippen LogP contribution < -0.4 is 5.73 Å². The van der Waals surface area contributed by atoms with Crippen molar-refractivity contribution in [2.24, 2.45) is 5.73 Å². The van der Waals surface area contributed by atoms with E-state index in [0.717, 1.165) is 24.4 Å². The molecule has 0 aromatic heterocycles. The summed E-state index contributed by atoms with van der Waals surface area (Å²) in [4.78, 5) is 0. The quantitative estimate of drug-likeness (QED) is 0.814. The molecular formula is C14H22ClN. The summed E-state index contributed by atoms with van der Waals surface area (Å²) in [7, 11) is 0. The fourth-order valence-electron chi connectivity index (χ4n) is 1.89. The van der Waals surface area contributed by atoms with Crippen molar-refractivity contribution < 1.29 is 0 Å². The number of benzene rings is 1. The summed E-state index contributed by atoms with van der Waals surface area (Å²) in [6.45, 7) is 7.32. The molecule has 1 rings (SSSR count). The Bertz CT molecular complexity index is 336. The summed E-state index contributed by atoms with van der Waals surface area (Å²) >= 11 is 6.32. The molecule has 16 heavy (non-hydrogen) atoms. The normalized spacial score (nSPS) is 14.8. The van der Waals surface area contributed by atoms with E-state index < -0.39 is 0 Å². The maximum Gasteiger partial charge on any atom is 0.0443 e. The van der Waals surface area contributed by atoms with Gasteiger partial charge in [0.2, 0.25) is 0 Å². The number of hydrogen-bond acceptors (Lipinski definition) is 1. The van der Waals surface area contributed by atoms with Gasteiger partial charge in [-0.15, -0.1) is 0 Å². The van der Waals surface area contributed by atoms with Crippen molar-refractivity contribution in [1.29, 1.82) is 0 Å². The summed E-state index contributed by atoms with van der Waals surface area (Å²) in [6.07, 6.45) is 2.14. The molecule has 0 spiro atoms. The highest BCUT2D eigenvalue weighted by atomic mass is 35.5. The summed E-state index contributed by atoms with van der Waals surface area (Å²) in [6, 6.07) is 6.45. The Morgan fingerprint density at radius 2 is 1.94 bits per heavy atom. The van der Waals surface area contributed by atoms with Crippen LogP contribution in [-0.4, -0.2) is 6.54 Å².